The van der Waals surface area contributed by atoms with Gasteiger partial charge in [0.05, 0.1) is 19.3 Å². The zero-order valence-electron chi connectivity index (χ0n) is 13.5. The molecule has 1 amide bonds. The van der Waals surface area contributed by atoms with Gasteiger partial charge >= 0.3 is 0 Å². The number of rotatable bonds is 3. The van der Waals surface area contributed by atoms with E-state index in [9.17, 15) is 4.79 Å². The average molecular weight is 425 g/mol. The van der Waals surface area contributed by atoms with Crippen LogP contribution in [0.25, 0.3) is 0 Å². The molecule has 1 unspecified atom stereocenters. The van der Waals surface area contributed by atoms with Crippen molar-refractivity contribution in [3.8, 4) is 0 Å². The Morgan fingerprint density at radius 1 is 1.23 bits per heavy atom. The van der Waals surface area contributed by atoms with Crippen LogP contribution in [0, 0.1) is 0 Å². The number of carbonyl (C=O) groups excluding carboxylic acids is 1. The van der Waals surface area contributed by atoms with Crippen LogP contribution in [0.4, 0.5) is 0 Å². The molecule has 22 heavy (non-hydrogen) atoms. The molecule has 1 atom stereocenters. The number of hydrogen-bond acceptors (Lipinski definition) is 4. The van der Waals surface area contributed by atoms with Crippen LogP contribution in [-0.4, -0.2) is 91.6 Å². The predicted octanol–water partition coefficient (Wildman–Crippen LogP) is -0.196. The van der Waals surface area contributed by atoms with Gasteiger partial charge in [-0.1, -0.05) is 0 Å². The number of amides is 1. The van der Waals surface area contributed by atoms with E-state index in [1.807, 2.05) is 11.8 Å². The van der Waals surface area contributed by atoms with Crippen LogP contribution in [-0.2, 0) is 9.53 Å². The van der Waals surface area contributed by atoms with E-state index in [1.54, 1.807) is 6.92 Å². The first kappa shape index (κ1) is 19.4. The fourth-order valence-corrected chi connectivity index (χ4v) is 2.72. The number of halogens is 1. The van der Waals surface area contributed by atoms with E-state index in [0.717, 1.165) is 45.8 Å². The lowest BCUT2D eigenvalue weighted by molar-refractivity contribution is -0.130. The number of nitrogens with zero attached hydrogens (tertiary/aromatic N) is 4. The molecule has 8 heteroatoms. The van der Waals surface area contributed by atoms with Crippen molar-refractivity contribution < 1.29 is 9.53 Å². The molecule has 2 fully saturated rings. The second-order valence-corrected chi connectivity index (χ2v) is 5.72. The lowest BCUT2D eigenvalue weighted by Crippen LogP contribution is -2.49. The van der Waals surface area contributed by atoms with E-state index in [4.69, 9.17) is 10.5 Å². The molecule has 7 nitrogen and oxygen atoms in total. The summed E-state index contributed by atoms with van der Waals surface area (Å²) >= 11 is 0. The summed E-state index contributed by atoms with van der Waals surface area (Å²) in [5.74, 6) is 0.783. The highest BCUT2D eigenvalue weighted by molar-refractivity contribution is 14.0. The number of aliphatic imine (C=N–C) groups is 1. The number of piperazine rings is 1. The normalized spacial score (nSPS) is 24.1. The maximum atomic E-state index is 11.3. The molecule has 0 bridgehead atoms. The highest BCUT2D eigenvalue weighted by Gasteiger charge is 2.19. The number of nitrogens with two attached hydrogens (primary N) is 1. The van der Waals surface area contributed by atoms with Crippen LogP contribution in [0.2, 0.25) is 0 Å². The van der Waals surface area contributed by atoms with Gasteiger partial charge in [0.1, 0.15) is 0 Å². The maximum absolute atomic E-state index is 11.3. The summed E-state index contributed by atoms with van der Waals surface area (Å²) in [6, 6.07) is 0. The van der Waals surface area contributed by atoms with Gasteiger partial charge in [-0.3, -0.25) is 14.7 Å². The molecule has 2 N–H and O–H groups in total. The van der Waals surface area contributed by atoms with Crippen LogP contribution in [0.5, 0.6) is 0 Å². The van der Waals surface area contributed by atoms with Gasteiger partial charge in [0.15, 0.2) is 5.96 Å². The van der Waals surface area contributed by atoms with Crippen molar-refractivity contribution in [3.63, 3.8) is 0 Å². The second-order valence-electron chi connectivity index (χ2n) is 5.72. The predicted molar refractivity (Wildman–Crippen MR) is 97.6 cm³/mol. The maximum Gasteiger partial charge on any atom is 0.219 e. The number of guanidine groups is 1. The minimum Gasteiger partial charge on any atom is -0.375 e. The first-order valence-corrected chi connectivity index (χ1v) is 7.70. The second kappa shape index (κ2) is 9.51. The summed E-state index contributed by atoms with van der Waals surface area (Å²) in [5.41, 5.74) is 6.04. The first-order valence-electron chi connectivity index (χ1n) is 7.70. The summed E-state index contributed by atoms with van der Waals surface area (Å²) < 4.78 is 5.49. The number of carbonyl (C=O) groups is 1. The van der Waals surface area contributed by atoms with Crippen LogP contribution in [0.3, 0.4) is 0 Å². The van der Waals surface area contributed by atoms with Gasteiger partial charge in [-0.15, -0.1) is 24.0 Å². The summed E-state index contributed by atoms with van der Waals surface area (Å²) in [6.45, 7) is 11.1. The summed E-state index contributed by atoms with van der Waals surface area (Å²) in [6.07, 6.45) is 0.215. The minimum absolute atomic E-state index is 0. The molecule has 2 saturated heterocycles. The van der Waals surface area contributed by atoms with E-state index in [2.05, 4.69) is 14.8 Å². The molecule has 0 saturated carbocycles. The molecular formula is C14H28IN5O2. The average Bonchev–Trinajstić information content (AvgIpc) is 2.47. The molecule has 2 heterocycles. The first-order chi connectivity index (χ1) is 10.1. The van der Waals surface area contributed by atoms with Crippen molar-refractivity contribution in [3.05, 3.63) is 0 Å². The van der Waals surface area contributed by atoms with Crippen molar-refractivity contribution >= 4 is 35.8 Å². The van der Waals surface area contributed by atoms with E-state index in [1.165, 1.54) is 0 Å². The summed E-state index contributed by atoms with van der Waals surface area (Å²) in [7, 11) is 0. The highest BCUT2D eigenvalue weighted by Crippen LogP contribution is 2.04. The molecule has 0 radical (unpaired) electrons. The van der Waals surface area contributed by atoms with Crippen LogP contribution in [0.15, 0.2) is 4.99 Å². The van der Waals surface area contributed by atoms with Gasteiger partial charge < -0.3 is 20.3 Å². The fourth-order valence-electron chi connectivity index (χ4n) is 2.72. The van der Waals surface area contributed by atoms with E-state index >= 15 is 0 Å². The highest BCUT2D eigenvalue weighted by atomic mass is 127. The Labute approximate surface area is 149 Å². The van der Waals surface area contributed by atoms with Crippen molar-refractivity contribution in [1.82, 2.24) is 14.7 Å². The van der Waals surface area contributed by atoms with Crippen LogP contribution >= 0.6 is 24.0 Å². The smallest absolute Gasteiger partial charge is 0.219 e. The van der Waals surface area contributed by atoms with Gasteiger partial charge in [0.25, 0.3) is 0 Å². The molecule has 0 aromatic heterocycles. The molecule has 2 aliphatic heterocycles. The topological polar surface area (TPSA) is 74.4 Å². The van der Waals surface area contributed by atoms with Gasteiger partial charge in [-0.2, -0.15) is 0 Å². The lowest BCUT2D eigenvalue weighted by Gasteiger charge is -2.34. The zero-order valence-corrected chi connectivity index (χ0v) is 15.9. The van der Waals surface area contributed by atoms with Crippen molar-refractivity contribution in [2.75, 3.05) is 59.0 Å². The molecule has 0 aromatic carbocycles. The van der Waals surface area contributed by atoms with E-state index in [-0.39, 0.29) is 36.0 Å². The largest absolute Gasteiger partial charge is 0.375 e. The Morgan fingerprint density at radius 3 is 2.50 bits per heavy atom. The van der Waals surface area contributed by atoms with Crippen LogP contribution in [0.1, 0.15) is 13.8 Å². The molecule has 2 rings (SSSR count). The number of morpholine rings is 1. The summed E-state index contributed by atoms with van der Waals surface area (Å²) in [4.78, 5) is 22.0. The van der Waals surface area contributed by atoms with E-state index in [0.29, 0.717) is 19.1 Å². The summed E-state index contributed by atoms with van der Waals surface area (Å²) in [5, 5.41) is 0. The molecular weight excluding hydrogens is 397 g/mol. The van der Waals surface area contributed by atoms with Crippen molar-refractivity contribution in [1.29, 1.82) is 0 Å². The SMILES string of the molecule is CC(=O)N1CCN(CCN=C(N)N2CCOC(C)C2)CC1.I. The number of hydrogen-bond donors (Lipinski definition) is 1. The third kappa shape index (κ3) is 5.88. The zero-order chi connectivity index (χ0) is 15.2. The molecule has 2 aliphatic rings. The third-order valence-electron chi connectivity index (χ3n) is 4.07. The lowest BCUT2D eigenvalue weighted by atomic mass is 10.3. The minimum atomic E-state index is 0. The van der Waals surface area contributed by atoms with Gasteiger partial charge in [0.2, 0.25) is 5.91 Å². The Kier molecular flexibility index (Phi) is 8.40. The standard InChI is InChI=1S/C14H27N5O2.HI/c1-12-11-19(9-10-21-12)14(15)16-3-4-17-5-7-18(8-6-17)13(2)20;/h12H,3-11H2,1-2H3,(H2,15,16);1H. The molecule has 128 valence electrons. The van der Waals surface area contributed by atoms with Crippen molar-refractivity contribution in [2.45, 2.75) is 20.0 Å². The Balaban J connectivity index is 0.00000242. The fraction of sp³-hybridized carbons (Fsp3) is 0.857. The molecule has 0 aromatic rings. The monoisotopic (exact) mass is 425 g/mol. The Hall–Kier alpha value is -0.610. The van der Waals surface area contributed by atoms with Gasteiger partial charge in [-0.25, -0.2) is 0 Å². The Morgan fingerprint density at radius 2 is 1.91 bits per heavy atom. The molecule has 0 spiro atoms. The third-order valence-corrected chi connectivity index (χ3v) is 4.07. The molecule has 0 aliphatic carbocycles. The quantitative estimate of drug-likeness (QED) is 0.386. The number of ether oxygens (including phenoxy) is 1. The Bertz CT molecular complexity index is 385. The van der Waals surface area contributed by atoms with Gasteiger partial charge in [0, 0.05) is 52.7 Å². The van der Waals surface area contributed by atoms with Crippen LogP contribution < -0.4 is 5.73 Å². The van der Waals surface area contributed by atoms with Gasteiger partial charge in [-0.05, 0) is 6.92 Å². The van der Waals surface area contributed by atoms with E-state index < -0.39 is 0 Å². The van der Waals surface area contributed by atoms with Crippen molar-refractivity contribution in [2.24, 2.45) is 10.7 Å².